The fourth-order valence-corrected chi connectivity index (χ4v) is 2.10. The number of allylic oxidation sites excluding steroid dienone is 1. The summed E-state index contributed by atoms with van der Waals surface area (Å²) in [5, 5.41) is 14.3. The van der Waals surface area contributed by atoms with Crippen molar-refractivity contribution in [1.29, 1.82) is 0 Å². The number of ether oxygens (including phenoxy) is 1. The van der Waals surface area contributed by atoms with Gasteiger partial charge in [0.25, 0.3) is 5.91 Å². The number of hydrazone groups is 1. The van der Waals surface area contributed by atoms with E-state index in [4.69, 9.17) is 9.84 Å². The molecule has 1 heterocycles. The van der Waals surface area contributed by atoms with Crippen molar-refractivity contribution in [2.75, 3.05) is 11.6 Å². The lowest BCUT2D eigenvalue weighted by Gasteiger charge is -2.12. The van der Waals surface area contributed by atoms with Crippen LogP contribution in [0.4, 0.5) is 5.69 Å². The summed E-state index contributed by atoms with van der Waals surface area (Å²) in [7, 11) is 0. The predicted octanol–water partition coefficient (Wildman–Crippen LogP) is 2.17. The standard InChI is InChI=1S/C15H16N2O4/c1-3-21-10(2)14-12(9-13(18)19)16-17(15(14)20)11-7-5-4-6-8-11/h4-8H,3,9H2,1-2H3,(H,18,19)/b14-10-. The molecule has 1 aromatic rings. The number of rotatable bonds is 5. The number of nitrogens with zero attached hydrogens (tertiary/aromatic N) is 2. The van der Waals surface area contributed by atoms with E-state index in [-0.39, 0.29) is 23.6 Å². The number of carboxylic acid groups (broad SMARTS) is 1. The van der Waals surface area contributed by atoms with Gasteiger partial charge in [0.2, 0.25) is 0 Å². The molecule has 6 heteroatoms. The largest absolute Gasteiger partial charge is 0.498 e. The Morgan fingerprint density at radius 3 is 2.57 bits per heavy atom. The van der Waals surface area contributed by atoms with Crippen LogP contribution in [0.3, 0.4) is 0 Å². The van der Waals surface area contributed by atoms with E-state index >= 15 is 0 Å². The summed E-state index contributed by atoms with van der Waals surface area (Å²) in [6.45, 7) is 3.84. The fourth-order valence-electron chi connectivity index (χ4n) is 2.10. The quantitative estimate of drug-likeness (QED) is 0.665. The zero-order chi connectivity index (χ0) is 15.4. The van der Waals surface area contributed by atoms with Gasteiger partial charge in [-0.3, -0.25) is 9.59 Å². The summed E-state index contributed by atoms with van der Waals surface area (Å²) in [5.41, 5.74) is 1.02. The molecule has 0 radical (unpaired) electrons. The molecule has 0 fully saturated rings. The Labute approximate surface area is 122 Å². The van der Waals surface area contributed by atoms with Crippen LogP contribution >= 0.6 is 0 Å². The number of aliphatic carboxylic acids is 1. The number of hydrogen-bond donors (Lipinski definition) is 1. The number of carbonyl (C=O) groups is 2. The predicted molar refractivity (Wildman–Crippen MR) is 77.9 cm³/mol. The number of carboxylic acids is 1. The van der Waals surface area contributed by atoms with Crippen LogP contribution in [0.2, 0.25) is 0 Å². The second-order valence-corrected chi connectivity index (χ2v) is 4.43. The van der Waals surface area contributed by atoms with Crippen LogP contribution < -0.4 is 5.01 Å². The SMILES string of the molecule is CCO/C(C)=C1\C(=O)N(c2ccccc2)N=C1CC(=O)O. The highest BCUT2D eigenvalue weighted by Gasteiger charge is 2.34. The smallest absolute Gasteiger partial charge is 0.309 e. The van der Waals surface area contributed by atoms with Gasteiger partial charge in [0.15, 0.2) is 0 Å². The molecular weight excluding hydrogens is 272 g/mol. The number of anilines is 1. The van der Waals surface area contributed by atoms with Gasteiger partial charge >= 0.3 is 5.97 Å². The van der Waals surface area contributed by atoms with Gasteiger partial charge in [-0.05, 0) is 26.0 Å². The Bertz CT molecular complexity index is 620. The van der Waals surface area contributed by atoms with Crippen molar-refractivity contribution in [1.82, 2.24) is 0 Å². The Morgan fingerprint density at radius 1 is 1.33 bits per heavy atom. The lowest BCUT2D eigenvalue weighted by molar-refractivity contribution is -0.135. The van der Waals surface area contributed by atoms with Gasteiger partial charge in [0, 0.05) is 0 Å². The summed E-state index contributed by atoms with van der Waals surface area (Å²) in [6.07, 6.45) is -0.325. The van der Waals surface area contributed by atoms with Gasteiger partial charge in [0.05, 0.1) is 24.4 Å². The molecule has 1 N–H and O–H groups in total. The van der Waals surface area contributed by atoms with Crippen LogP contribution in [0.25, 0.3) is 0 Å². The van der Waals surface area contributed by atoms with Gasteiger partial charge < -0.3 is 9.84 Å². The molecule has 0 saturated carbocycles. The van der Waals surface area contributed by atoms with Crippen molar-refractivity contribution in [3.63, 3.8) is 0 Å². The molecular formula is C15H16N2O4. The van der Waals surface area contributed by atoms with Gasteiger partial charge in [-0.15, -0.1) is 0 Å². The second kappa shape index (κ2) is 6.21. The molecule has 0 saturated heterocycles. The van der Waals surface area contributed by atoms with Crippen LogP contribution in [-0.2, 0) is 14.3 Å². The molecule has 0 spiro atoms. The van der Waals surface area contributed by atoms with Crippen molar-refractivity contribution in [2.24, 2.45) is 5.10 Å². The third-order valence-electron chi connectivity index (χ3n) is 2.95. The molecule has 110 valence electrons. The zero-order valence-corrected chi connectivity index (χ0v) is 11.9. The summed E-state index contributed by atoms with van der Waals surface area (Å²) in [5.74, 6) is -1.03. The second-order valence-electron chi connectivity index (χ2n) is 4.43. The van der Waals surface area contributed by atoms with Crippen molar-refractivity contribution in [3.05, 3.63) is 41.7 Å². The van der Waals surface area contributed by atoms with E-state index in [1.807, 2.05) is 6.07 Å². The highest BCUT2D eigenvalue weighted by molar-refractivity contribution is 6.32. The summed E-state index contributed by atoms with van der Waals surface area (Å²) >= 11 is 0. The van der Waals surface area contributed by atoms with Gasteiger partial charge in [-0.2, -0.15) is 10.1 Å². The van der Waals surface area contributed by atoms with Crippen LogP contribution in [0, 0.1) is 0 Å². The first-order valence-corrected chi connectivity index (χ1v) is 6.57. The molecule has 0 atom stereocenters. The topological polar surface area (TPSA) is 79.2 Å². The first kappa shape index (κ1) is 14.8. The average Bonchev–Trinajstić information content (AvgIpc) is 2.76. The third kappa shape index (κ3) is 3.10. The zero-order valence-electron chi connectivity index (χ0n) is 11.9. The highest BCUT2D eigenvalue weighted by Crippen LogP contribution is 2.26. The van der Waals surface area contributed by atoms with Crippen LogP contribution in [0.1, 0.15) is 20.3 Å². The van der Waals surface area contributed by atoms with Crippen molar-refractivity contribution < 1.29 is 19.4 Å². The van der Waals surface area contributed by atoms with Gasteiger partial charge in [-0.25, -0.2) is 0 Å². The minimum absolute atomic E-state index is 0.210. The molecule has 1 aliphatic heterocycles. The van der Waals surface area contributed by atoms with Crippen LogP contribution in [0.5, 0.6) is 0 Å². The normalized spacial score (nSPS) is 16.8. The fraction of sp³-hybridized carbons (Fsp3) is 0.267. The molecule has 0 aliphatic carbocycles. The Kier molecular flexibility index (Phi) is 4.37. The Balaban J connectivity index is 2.43. The maximum atomic E-state index is 12.5. The van der Waals surface area contributed by atoms with E-state index in [1.165, 1.54) is 5.01 Å². The third-order valence-corrected chi connectivity index (χ3v) is 2.95. The summed E-state index contributed by atoms with van der Waals surface area (Å²) in [6, 6.07) is 8.86. The lowest BCUT2D eigenvalue weighted by Crippen LogP contribution is -2.22. The molecule has 2 rings (SSSR count). The van der Waals surface area contributed by atoms with E-state index in [2.05, 4.69) is 5.10 Å². The molecule has 21 heavy (non-hydrogen) atoms. The van der Waals surface area contributed by atoms with E-state index in [1.54, 1.807) is 38.1 Å². The molecule has 0 bridgehead atoms. The molecule has 0 aromatic heterocycles. The average molecular weight is 288 g/mol. The lowest BCUT2D eigenvalue weighted by atomic mass is 10.1. The number of para-hydroxylation sites is 1. The van der Waals surface area contributed by atoms with Crippen LogP contribution in [-0.4, -0.2) is 29.3 Å². The first-order chi connectivity index (χ1) is 10.0. The minimum atomic E-state index is -1.04. The minimum Gasteiger partial charge on any atom is -0.498 e. The molecule has 1 aliphatic rings. The van der Waals surface area contributed by atoms with E-state index in [0.29, 0.717) is 18.1 Å². The van der Waals surface area contributed by atoms with E-state index in [9.17, 15) is 9.59 Å². The van der Waals surface area contributed by atoms with Gasteiger partial charge in [0.1, 0.15) is 11.3 Å². The monoisotopic (exact) mass is 288 g/mol. The maximum absolute atomic E-state index is 12.5. The Morgan fingerprint density at radius 2 is 2.00 bits per heavy atom. The molecule has 1 amide bonds. The number of amides is 1. The number of carbonyl (C=O) groups excluding carboxylic acids is 1. The summed E-state index contributed by atoms with van der Waals surface area (Å²) in [4.78, 5) is 23.5. The Hall–Kier alpha value is -2.63. The molecule has 0 unspecified atom stereocenters. The number of hydrogen-bond acceptors (Lipinski definition) is 4. The van der Waals surface area contributed by atoms with Crippen molar-refractivity contribution in [3.8, 4) is 0 Å². The first-order valence-electron chi connectivity index (χ1n) is 6.57. The van der Waals surface area contributed by atoms with E-state index in [0.717, 1.165) is 0 Å². The summed E-state index contributed by atoms with van der Waals surface area (Å²) < 4.78 is 5.35. The number of benzene rings is 1. The molecule has 6 nitrogen and oxygen atoms in total. The molecule has 1 aromatic carbocycles. The highest BCUT2D eigenvalue weighted by atomic mass is 16.5. The van der Waals surface area contributed by atoms with E-state index < -0.39 is 5.97 Å². The van der Waals surface area contributed by atoms with Crippen molar-refractivity contribution >= 4 is 23.3 Å². The van der Waals surface area contributed by atoms with Gasteiger partial charge in [-0.1, -0.05) is 18.2 Å². The van der Waals surface area contributed by atoms with Crippen LogP contribution in [0.15, 0.2) is 46.8 Å². The maximum Gasteiger partial charge on any atom is 0.309 e. The van der Waals surface area contributed by atoms with Crippen molar-refractivity contribution in [2.45, 2.75) is 20.3 Å².